The molecule has 0 spiro atoms. The number of carboxylic acid groups (broad SMARTS) is 1. The summed E-state index contributed by atoms with van der Waals surface area (Å²) in [5.41, 5.74) is 2.46. The summed E-state index contributed by atoms with van der Waals surface area (Å²) >= 11 is 6.04. The minimum atomic E-state index is -1.42. The maximum absolute atomic E-state index is 11.7. The van der Waals surface area contributed by atoms with Crippen LogP contribution in [-0.4, -0.2) is 37.7 Å². The van der Waals surface area contributed by atoms with Gasteiger partial charge in [0, 0.05) is 0 Å². The van der Waals surface area contributed by atoms with Crippen LogP contribution in [0.1, 0.15) is 11.3 Å². The number of benzene rings is 1. The average molecular weight is 409 g/mol. The summed E-state index contributed by atoms with van der Waals surface area (Å²) in [5, 5.41) is 16.6. The number of hydrogen-bond acceptors (Lipinski definition) is 8. The second-order valence-corrected chi connectivity index (χ2v) is 5.56. The van der Waals surface area contributed by atoms with Gasteiger partial charge in [0.1, 0.15) is 12.4 Å². The minimum absolute atomic E-state index is 0.0202. The van der Waals surface area contributed by atoms with Crippen molar-refractivity contribution in [1.29, 1.82) is 0 Å². The van der Waals surface area contributed by atoms with Crippen LogP contribution < -0.4 is 25.3 Å². The number of ether oxygens (including phenoxy) is 2. The Labute approximate surface area is 164 Å². The van der Waals surface area contributed by atoms with E-state index in [0.717, 1.165) is 0 Å². The molecule has 0 saturated carbocycles. The van der Waals surface area contributed by atoms with Gasteiger partial charge >= 0.3 is 11.8 Å². The Morgan fingerprint density at radius 2 is 2.11 bits per heavy atom. The number of carbonyl (C=O) groups is 3. The third-order valence-corrected chi connectivity index (χ3v) is 3.46. The third kappa shape index (κ3) is 6.02. The number of furan rings is 1. The summed E-state index contributed by atoms with van der Waals surface area (Å²) < 4.78 is 15.1. The van der Waals surface area contributed by atoms with Gasteiger partial charge in [0.25, 0.3) is 0 Å². The molecule has 11 heteroatoms. The minimum Gasteiger partial charge on any atom is -0.546 e. The van der Waals surface area contributed by atoms with E-state index >= 15 is 0 Å². The van der Waals surface area contributed by atoms with Gasteiger partial charge < -0.3 is 29.1 Å². The number of nitrogens with zero attached hydrogens (tertiary/aromatic N) is 1. The molecule has 0 saturated heterocycles. The molecule has 0 aliphatic heterocycles. The van der Waals surface area contributed by atoms with Gasteiger partial charge in [-0.2, -0.15) is 5.10 Å². The Hall–Kier alpha value is -3.53. The van der Waals surface area contributed by atoms with Crippen molar-refractivity contribution in [3.8, 4) is 11.5 Å². The second kappa shape index (κ2) is 9.97. The zero-order chi connectivity index (χ0) is 20.5. The molecule has 1 aromatic carbocycles. The topological polar surface area (TPSA) is 142 Å². The largest absolute Gasteiger partial charge is 0.546 e. The number of methoxy groups -OCH3 is 1. The SMILES string of the molecule is COc1cc(/C=N\NC(=O)C(=O)NCc2ccco2)cc(Cl)c1OCC(=O)[O-]. The van der Waals surface area contributed by atoms with Crippen molar-refractivity contribution in [2.75, 3.05) is 13.7 Å². The van der Waals surface area contributed by atoms with Gasteiger partial charge in [0.05, 0.1) is 37.1 Å². The second-order valence-electron chi connectivity index (χ2n) is 5.16. The number of nitrogens with one attached hydrogen (secondary N) is 2. The Kier molecular flexibility index (Phi) is 7.40. The predicted octanol–water partition coefficient (Wildman–Crippen LogP) is -0.163. The lowest BCUT2D eigenvalue weighted by molar-refractivity contribution is -0.307. The van der Waals surface area contributed by atoms with Crippen molar-refractivity contribution in [2.24, 2.45) is 5.10 Å². The summed E-state index contributed by atoms with van der Waals surface area (Å²) in [5.74, 6) is -2.63. The molecule has 0 unspecified atom stereocenters. The molecule has 1 heterocycles. The van der Waals surface area contributed by atoms with Crippen LogP contribution in [0.2, 0.25) is 5.02 Å². The van der Waals surface area contributed by atoms with Gasteiger partial charge in [-0.3, -0.25) is 9.59 Å². The van der Waals surface area contributed by atoms with Gasteiger partial charge in [0.15, 0.2) is 11.5 Å². The fourth-order valence-corrected chi connectivity index (χ4v) is 2.24. The number of hydrogen-bond donors (Lipinski definition) is 2. The molecule has 0 atom stereocenters. The highest BCUT2D eigenvalue weighted by Crippen LogP contribution is 2.35. The van der Waals surface area contributed by atoms with E-state index in [1.54, 1.807) is 12.1 Å². The number of hydrazone groups is 1. The Morgan fingerprint density at radius 1 is 1.32 bits per heavy atom. The van der Waals surface area contributed by atoms with E-state index in [9.17, 15) is 19.5 Å². The summed E-state index contributed by atoms with van der Waals surface area (Å²) in [6, 6.07) is 6.15. The van der Waals surface area contributed by atoms with Crippen LogP contribution in [0.3, 0.4) is 0 Å². The van der Waals surface area contributed by atoms with Crippen LogP contribution in [0.15, 0.2) is 40.0 Å². The molecule has 0 radical (unpaired) electrons. The van der Waals surface area contributed by atoms with Gasteiger partial charge in [-0.05, 0) is 29.8 Å². The number of amides is 2. The number of carbonyl (C=O) groups excluding carboxylic acids is 3. The van der Waals surface area contributed by atoms with E-state index in [2.05, 4.69) is 15.8 Å². The number of rotatable bonds is 8. The molecule has 2 rings (SSSR count). The first-order valence-electron chi connectivity index (χ1n) is 7.74. The first kappa shape index (κ1) is 20.8. The fourth-order valence-electron chi connectivity index (χ4n) is 1.96. The van der Waals surface area contributed by atoms with Gasteiger partial charge in [-0.15, -0.1) is 0 Å². The van der Waals surface area contributed by atoms with Gasteiger partial charge in [-0.25, -0.2) is 5.43 Å². The van der Waals surface area contributed by atoms with Crippen LogP contribution in [0.4, 0.5) is 0 Å². The highest BCUT2D eigenvalue weighted by atomic mass is 35.5. The predicted molar refractivity (Wildman–Crippen MR) is 94.8 cm³/mol. The first-order valence-corrected chi connectivity index (χ1v) is 8.12. The molecular formula is C17H15ClN3O7-. The molecule has 2 amide bonds. The van der Waals surface area contributed by atoms with Crippen molar-refractivity contribution < 1.29 is 33.4 Å². The smallest absolute Gasteiger partial charge is 0.329 e. The molecular weight excluding hydrogens is 394 g/mol. The van der Waals surface area contributed by atoms with E-state index in [0.29, 0.717) is 11.3 Å². The van der Waals surface area contributed by atoms with Crippen molar-refractivity contribution in [3.63, 3.8) is 0 Å². The van der Waals surface area contributed by atoms with E-state index in [1.807, 2.05) is 0 Å². The number of halogens is 1. The van der Waals surface area contributed by atoms with Crippen molar-refractivity contribution in [2.45, 2.75) is 6.54 Å². The quantitative estimate of drug-likeness (QED) is 0.351. The van der Waals surface area contributed by atoms with Crippen LogP contribution in [-0.2, 0) is 20.9 Å². The first-order chi connectivity index (χ1) is 13.4. The zero-order valence-corrected chi connectivity index (χ0v) is 15.3. The summed E-state index contributed by atoms with van der Waals surface area (Å²) in [4.78, 5) is 33.8. The zero-order valence-electron chi connectivity index (χ0n) is 14.6. The lowest BCUT2D eigenvalue weighted by Gasteiger charge is -2.13. The van der Waals surface area contributed by atoms with E-state index in [1.165, 1.54) is 31.7 Å². The molecule has 0 aliphatic rings. The Balaban J connectivity index is 1.95. The lowest BCUT2D eigenvalue weighted by Crippen LogP contribution is -2.37. The average Bonchev–Trinajstić information content (AvgIpc) is 3.18. The molecule has 10 nitrogen and oxygen atoms in total. The molecule has 28 heavy (non-hydrogen) atoms. The van der Waals surface area contributed by atoms with Crippen LogP contribution in [0.5, 0.6) is 11.5 Å². The van der Waals surface area contributed by atoms with Crippen LogP contribution in [0.25, 0.3) is 0 Å². The molecule has 1 aromatic heterocycles. The summed E-state index contributed by atoms with van der Waals surface area (Å²) in [6.07, 6.45) is 2.66. The van der Waals surface area contributed by atoms with Crippen LogP contribution in [0, 0.1) is 0 Å². The lowest BCUT2D eigenvalue weighted by atomic mass is 10.2. The van der Waals surface area contributed by atoms with E-state index in [-0.39, 0.29) is 23.1 Å². The Bertz CT molecular complexity index is 881. The van der Waals surface area contributed by atoms with Gasteiger partial charge in [0.2, 0.25) is 0 Å². The Morgan fingerprint density at radius 3 is 2.75 bits per heavy atom. The molecule has 0 aliphatic carbocycles. The van der Waals surface area contributed by atoms with Crippen molar-refractivity contribution in [1.82, 2.24) is 10.7 Å². The molecule has 2 aromatic rings. The number of aliphatic carboxylic acids is 1. The van der Waals surface area contributed by atoms with Gasteiger partial charge in [-0.1, -0.05) is 11.6 Å². The molecule has 0 fully saturated rings. The highest BCUT2D eigenvalue weighted by Gasteiger charge is 2.14. The fraction of sp³-hybridized carbons (Fsp3) is 0.176. The van der Waals surface area contributed by atoms with E-state index in [4.69, 9.17) is 25.5 Å². The van der Waals surface area contributed by atoms with E-state index < -0.39 is 24.4 Å². The molecule has 2 N–H and O–H groups in total. The van der Waals surface area contributed by atoms with Crippen LogP contribution >= 0.6 is 11.6 Å². The van der Waals surface area contributed by atoms with Crippen molar-refractivity contribution >= 4 is 35.6 Å². The monoisotopic (exact) mass is 408 g/mol. The highest BCUT2D eigenvalue weighted by molar-refractivity contribution is 6.35. The third-order valence-electron chi connectivity index (χ3n) is 3.18. The number of carboxylic acids is 1. The standard InChI is InChI=1S/C17H16ClN3O7/c1-26-13-6-10(5-12(18)15(13)28-9-14(22)23)7-20-21-17(25)16(24)19-8-11-3-2-4-27-11/h2-7H,8-9H2,1H3,(H,19,24)(H,21,25)(H,22,23)/p-1/b20-7-. The maximum Gasteiger partial charge on any atom is 0.329 e. The summed E-state index contributed by atoms with van der Waals surface area (Å²) in [6.45, 7) is -0.643. The summed E-state index contributed by atoms with van der Waals surface area (Å²) in [7, 11) is 1.34. The normalized spacial score (nSPS) is 10.5. The van der Waals surface area contributed by atoms with Crippen molar-refractivity contribution in [3.05, 3.63) is 46.9 Å². The maximum atomic E-state index is 11.7. The molecule has 0 bridgehead atoms. The molecule has 148 valence electrons.